The molecule has 0 aromatic rings. The largest absolute Gasteiger partial charge is 0.393 e. The zero-order chi connectivity index (χ0) is 9.26. The van der Waals surface area contributed by atoms with Gasteiger partial charge in [-0.15, -0.1) is 0 Å². The SMILES string of the molecule is C[C@H]1C[C@@H](O)CCN1C1CCCC1. The van der Waals surface area contributed by atoms with Crippen LogP contribution in [0.25, 0.3) is 0 Å². The topological polar surface area (TPSA) is 23.5 Å². The van der Waals surface area contributed by atoms with Crippen LogP contribution in [0.4, 0.5) is 0 Å². The average molecular weight is 183 g/mol. The minimum atomic E-state index is -0.0346. The van der Waals surface area contributed by atoms with E-state index in [0.717, 1.165) is 25.4 Å². The molecule has 0 unspecified atom stereocenters. The smallest absolute Gasteiger partial charge is 0.0567 e. The Kier molecular flexibility index (Phi) is 2.89. The number of hydrogen-bond acceptors (Lipinski definition) is 2. The van der Waals surface area contributed by atoms with Gasteiger partial charge in [-0.3, -0.25) is 4.90 Å². The Labute approximate surface area is 80.9 Å². The number of aliphatic hydroxyl groups excluding tert-OH is 1. The van der Waals surface area contributed by atoms with Crippen LogP contribution in [0, 0.1) is 0 Å². The molecule has 2 rings (SSSR count). The molecule has 2 nitrogen and oxygen atoms in total. The van der Waals surface area contributed by atoms with Crippen LogP contribution in [0.1, 0.15) is 45.4 Å². The van der Waals surface area contributed by atoms with Crippen molar-refractivity contribution in [1.82, 2.24) is 4.90 Å². The van der Waals surface area contributed by atoms with Crippen LogP contribution in [0.3, 0.4) is 0 Å². The minimum absolute atomic E-state index is 0.0346. The van der Waals surface area contributed by atoms with Gasteiger partial charge in [-0.25, -0.2) is 0 Å². The summed E-state index contributed by atoms with van der Waals surface area (Å²) in [4.78, 5) is 2.62. The summed E-state index contributed by atoms with van der Waals surface area (Å²) in [5.74, 6) is 0. The summed E-state index contributed by atoms with van der Waals surface area (Å²) in [5.41, 5.74) is 0. The molecule has 1 aliphatic heterocycles. The molecule has 0 spiro atoms. The van der Waals surface area contributed by atoms with Crippen molar-refractivity contribution >= 4 is 0 Å². The van der Waals surface area contributed by atoms with Gasteiger partial charge in [0.15, 0.2) is 0 Å². The first-order chi connectivity index (χ1) is 6.27. The summed E-state index contributed by atoms with van der Waals surface area (Å²) in [7, 11) is 0. The Morgan fingerprint density at radius 3 is 2.46 bits per heavy atom. The molecule has 1 N–H and O–H groups in total. The van der Waals surface area contributed by atoms with Crippen LogP contribution in [0.5, 0.6) is 0 Å². The van der Waals surface area contributed by atoms with Crippen molar-refractivity contribution < 1.29 is 5.11 Å². The van der Waals surface area contributed by atoms with Crippen LogP contribution in [-0.2, 0) is 0 Å². The fourth-order valence-corrected chi connectivity index (χ4v) is 2.94. The molecule has 0 aromatic heterocycles. The minimum Gasteiger partial charge on any atom is -0.393 e. The number of rotatable bonds is 1. The highest BCUT2D eigenvalue weighted by atomic mass is 16.3. The molecule has 13 heavy (non-hydrogen) atoms. The third kappa shape index (κ3) is 2.05. The van der Waals surface area contributed by atoms with Gasteiger partial charge in [0.05, 0.1) is 6.10 Å². The average Bonchev–Trinajstić information content (AvgIpc) is 2.56. The van der Waals surface area contributed by atoms with Crippen molar-refractivity contribution in [1.29, 1.82) is 0 Å². The van der Waals surface area contributed by atoms with E-state index in [1.807, 2.05) is 0 Å². The summed E-state index contributed by atoms with van der Waals surface area (Å²) in [6, 6.07) is 1.44. The maximum atomic E-state index is 9.51. The maximum absolute atomic E-state index is 9.51. The van der Waals surface area contributed by atoms with Crippen molar-refractivity contribution in [3.05, 3.63) is 0 Å². The van der Waals surface area contributed by atoms with Gasteiger partial charge < -0.3 is 5.11 Å². The van der Waals surface area contributed by atoms with Gasteiger partial charge in [0, 0.05) is 18.6 Å². The molecule has 76 valence electrons. The Bertz CT molecular complexity index is 165. The van der Waals surface area contributed by atoms with Crippen molar-refractivity contribution in [2.24, 2.45) is 0 Å². The van der Waals surface area contributed by atoms with Gasteiger partial charge in [-0.2, -0.15) is 0 Å². The summed E-state index contributed by atoms with van der Waals surface area (Å²) in [6.45, 7) is 3.38. The summed E-state index contributed by atoms with van der Waals surface area (Å²) < 4.78 is 0. The molecule has 0 aromatic carbocycles. The van der Waals surface area contributed by atoms with Gasteiger partial charge >= 0.3 is 0 Å². The third-order valence-corrected chi connectivity index (χ3v) is 3.69. The molecule has 2 fully saturated rings. The summed E-state index contributed by atoms with van der Waals surface area (Å²) in [5, 5.41) is 9.51. The van der Waals surface area contributed by atoms with Crippen LogP contribution in [-0.4, -0.2) is 34.7 Å². The highest BCUT2D eigenvalue weighted by Crippen LogP contribution is 2.29. The maximum Gasteiger partial charge on any atom is 0.0567 e. The van der Waals surface area contributed by atoms with Gasteiger partial charge in [-0.1, -0.05) is 12.8 Å². The predicted octanol–water partition coefficient (Wildman–Crippen LogP) is 1.77. The molecule has 0 radical (unpaired) electrons. The standard InChI is InChI=1S/C11H21NO/c1-9-8-11(13)6-7-12(9)10-4-2-3-5-10/h9-11,13H,2-8H2,1H3/t9-,11-/m0/s1. The van der Waals surface area contributed by atoms with E-state index in [1.165, 1.54) is 25.7 Å². The van der Waals surface area contributed by atoms with Gasteiger partial charge in [0.1, 0.15) is 0 Å². The Hall–Kier alpha value is -0.0800. The zero-order valence-electron chi connectivity index (χ0n) is 8.58. The third-order valence-electron chi connectivity index (χ3n) is 3.69. The second kappa shape index (κ2) is 3.97. The fraction of sp³-hybridized carbons (Fsp3) is 1.00. The lowest BCUT2D eigenvalue weighted by Gasteiger charge is -2.39. The van der Waals surface area contributed by atoms with Crippen molar-refractivity contribution in [2.75, 3.05) is 6.54 Å². The van der Waals surface area contributed by atoms with E-state index in [4.69, 9.17) is 0 Å². The van der Waals surface area contributed by atoms with E-state index >= 15 is 0 Å². The van der Waals surface area contributed by atoms with E-state index in [-0.39, 0.29) is 6.10 Å². The normalized spacial score (nSPS) is 38.3. The monoisotopic (exact) mass is 183 g/mol. The lowest BCUT2D eigenvalue weighted by molar-refractivity contribution is 0.0255. The van der Waals surface area contributed by atoms with Crippen LogP contribution < -0.4 is 0 Å². The molecule has 1 saturated heterocycles. The number of nitrogens with zero attached hydrogens (tertiary/aromatic N) is 1. The van der Waals surface area contributed by atoms with Crippen molar-refractivity contribution in [2.45, 2.75) is 63.6 Å². The summed E-state index contributed by atoms with van der Waals surface area (Å²) in [6.07, 6.45) is 7.54. The van der Waals surface area contributed by atoms with E-state index < -0.39 is 0 Å². The molecule has 1 aliphatic carbocycles. The second-order valence-corrected chi connectivity index (χ2v) is 4.70. The van der Waals surface area contributed by atoms with Crippen molar-refractivity contribution in [3.8, 4) is 0 Å². The van der Waals surface area contributed by atoms with Crippen LogP contribution >= 0.6 is 0 Å². The molecule has 0 bridgehead atoms. The Balaban J connectivity index is 1.91. The van der Waals surface area contributed by atoms with Crippen molar-refractivity contribution in [3.63, 3.8) is 0 Å². The molecular formula is C11H21NO. The van der Waals surface area contributed by atoms with Crippen LogP contribution in [0.2, 0.25) is 0 Å². The first kappa shape index (κ1) is 9.47. The number of aliphatic hydroxyl groups is 1. The highest BCUT2D eigenvalue weighted by Gasteiger charge is 2.30. The van der Waals surface area contributed by atoms with Gasteiger partial charge in [0.2, 0.25) is 0 Å². The van der Waals surface area contributed by atoms with Crippen LogP contribution in [0.15, 0.2) is 0 Å². The lowest BCUT2D eigenvalue weighted by Crippen LogP contribution is -2.47. The molecule has 1 heterocycles. The molecule has 2 aliphatic rings. The van der Waals surface area contributed by atoms with E-state index in [9.17, 15) is 5.11 Å². The molecule has 2 atom stereocenters. The molecule has 0 amide bonds. The zero-order valence-corrected chi connectivity index (χ0v) is 8.58. The molecule has 1 saturated carbocycles. The molecule has 2 heteroatoms. The first-order valence-corrected chi connectivity index (χ1v) is 5.71. The van der Waals surface area contributed by atoms with E-state index in [1.54, 1.807) is 0 Å². The fourth-order valence-electron chi connectivity index (χ4n) is 2.94. The Morgan fingerprint density at radius 1 is 1.15 bits per heavy atom. The lowest BCUT2D eigenvalue weighted by atomic mass is 9.98. The number of hydrogen-bond donors (Lipinski definition) is 1. The number of likely N-dealkylation sites (tertiary alicyclic amines) is 1. The van der Waals surface area contributed by atoms with Gasteiger partial charge in [-0.05, 0) is 32.6 Å². The molecular weight excluding hydrogens is 162 g/mol. The summed E-state index contributed by atoms with van der Waals surface area (Å²) >= 11 is 0. The van der Waals surface area contributed by atoms with E-state index in [2.05, 4.69) is 11.8 Å². The Morgan fingerprint density at radius 2 is 1.85 bits per heavy atom. The van der Waals surface area contributed by atoms with Gasteiger partial charge in [0.25, 0.3) is 0 Å². The highest BCUT2D eigenvalue weighted by molar-refractivity contribution is 4.86. The first-order valence-electron chi connectivity index (χ1n) is 5.71. The quantitative estimate of drug-likeness (QED) is 0.670. The number of piperidine rings is 1. The second-order valence-electron chi connectivity index (χ2n) is 4.70. The van der Waals surface area contributed by atoms with E-state index in [0.29, 0.717) is 6.04 Å². The predicted molar refractivity (Wildman–Crippen MR) is 53.7 cm³/mol.